The van der Waals surface area contributed by atoms with E-state index < -0.39 is 0 Å². The number of benzene rings is 1. The van der Waals surface area contributed by atoms with Gasteiger partial charge >= 0.3 is 0 Å². The third-order valence-corrected chi connectivity index (χ3v) is 3.05. The second-order valence-corrected chi connectivity index (χ2v) is 4.16. The van der Waals surface area contributed by atoms with E-state index >= 15 is 0 Å². The molecule has 0 saturated heterocycles. The molecule has 0 heterocycles. The fourth-order valence-corrected chi connectivity index (χ4v) is 2.25. The Hall–Kier alpha value is -1.31. The highest BCUT2D eigenvalue weighted by molar-refractivity contribution is 5.80. The molecular formula is C13H16O2. The van der Waals surface area contributed by atoms with Crippen LogP contribution in [-0.2, 0) is 11.2 Å². The molecule has 2 rings (SSSR count). The lowest BCUT2D eigenvalue weighted by Crippen LogP contribution is -2.02. The van der Waals surface area contributed by atoms with Gasteiger partial charge in [-0.3, -0.25) is 4.79 Å². The summed E-state index contributed by atoms with van der Waals surface area (Å²) in [6.07, 6.45) is 3.52. The molecule has 1 aliphatic rings. The summed E-state index contributed by atoms with van der Waals surface area (Å²) in [6, 6.07) is 8.06. The van der Waals surface area contributed by atoms with Crippen LogP contribution in [0, 0.1) is 5.92 Å². The quantitative estimate of drug-likeness (QED) is 0.756. The smallest absolute Gasteiger partial charge is 0.133 e. The van der Waals surface area contributed by atoms with Crippen molar-refractivity contribution in [3.05, 3.63) is 29.8 Å². The maximum Gasteiger partial charge on any atom is 0.133 e. The summed E-state index contributed by atoms with van der Waals surface area (Å²) in [5, 5.41) is 0. The van der Waals surface area contributed by atoms with Gasteiger partial charge in [0, 0.05) is 12.8 Å². The summed E-state index contributed by atoms with van der Waals surface area (Å²) >= 11 is 0. The summed E-state index contributed by atoms with van der Waals surface area (Å²) in [5.74, 6) is 1.88. The average Bonchev–Trinajstić information content (AvgIpc) is 2.65. The number of carbonyl (C=O) groups excluding carboxylic acids is 1. The Bertz CT molecular complexity index is 357. The van der Waals surface area contributed by atoms with Gasteiger partial charge in [0.2, 0.25) is 0 Å². The number of hydrogen-bond acceptors (Lipinski definition) is 2. The Morgan fingerprint density at radius 3 is 2.87 bits per heavy atom. The molecule has 0 N–H and O–H groups in total. The van der Waals surface area contributed by atoms with Crippen LogP contribution in [0.15, 0.2) is 24.3 Å². The molecule has 0 bridgehead atoms. The number of Topliss-reactive ketones (excluding diaryl/α,β-unsaturated/α-hetero) is 1. The van der Waals surface area contributed by atoms with Crippen molar-refractivity contribution in [2.45, 2.75) is 25.7 Å². The SMILES string of the molecule is COc1ccccc1CC1CCC(=O)C1. The topological polar surface area (TPSA) is 26.3 Å². The summed E-state index contributed by atoms with van der Waals surface area (Å²) < 4.78 is 5.30. The second kappa shape index (κ2) is 4.47. The van der Waals surface area contributed by atoms with Crippen LogP contribution in [0.1, 0.15) is 24.8 Å². The Kier molecular flexibility index (Phi) is 3.05. The molecule has 0 radical (unpaired) electrons. The molecule has 0 spiro atoms. The molecule has 1 aromatic rings. The summed E-state index contributed by atoms with van der Waals surface area (Å²) in [4.78, 5) is 11.2. The predicted octanol–water partition coefficient (Wildman–Crippen LogP) is 2.61. The molecule has 1 saturated carbocycles. The van der Waals surface area contributed by atoms with E-state index in [-0.39, 0.29) is 0 Å². The lowest BCUT2D eigenvalue weighted by atomic mass is 9.97. The minimum absolute atomic E-state index is 0.412. The molecule has 0 amide bonds. The second-order valence-electron chi connectivity index (χ2n) is 4.16. The van der Waals surface area contributed by atoms with Crippen molar-refractivity contribution in [1.82, 2.24) is 0 Å². The zero-order chi connectivity index (χ0) is 10.7. The summed E-state index contributed by atoms with van der Waals surface area (Å²) in [6.45, 7) is 0. The van der Waals surface area contributed by atoms with Crippen LogP contribution in [-0.4, -0.2) is 12.9 Å². The molecule has 1 aromatic carbocycles. The van der Waals surface area contributed by atoms with E-state index in [0.717, 1.165) is 31.4 Å². The van der Waals surface area contributed by atoms with Gasteiger partial charge in [0.05, 0.1) is 7.11 Å². The standard InChI is InChI=1S/C13H16O2/c1-15-13-5-3-2-4-11(13)8-10-6-7-12(14)9-10/h2-5,10H,6-9H2,1H3. The van der Waals surface area contributed by atoms with Crippen molar-refractivity contribution < 1.29 is 9.53 Å². The lowest BCUT2D eigenvalue weighted by molar-refractivity contribution is -0.117. The highest BCUT2D eigenvalue weighted by atomic mass is 16.5. The highest BCUT2D eigenvalue weighted by Gasteiger charge is 2.22. The minimum atomic E-state index is 0.412. The van der Waals surface area contributed by atoms with Gasteiger partial charge in [-0.15, -0.1) is 0 Å². The number of ether oxygens (including phenoxy) is 1. The summed E-state index contributed by atoms with van der Waals surface area (Å²) in [5.41, 5.74) is 1.22. The Balaban J connectivity index is 2.07. The van der Waals surface area contributed by atoms with Crippen molar-refractivity contribution in [3.8, 4) is 5.75 Å². The van der Waals surface area contributed by atoms with Crippen molar-refractivity contribution in [2.75, 3.05) is 7.11 Å². The van der Waals surface area contributed by atoms with E-state index in [1.165, 1.54) is 5.56 Å². The van der Waals surface area contributed by atoms with Gasteiger partial charge in [-0.1, -0.05) is 18.2 Å². The van der Waals surface area contributed by atoms with Gasteiger partial charge < -0.3 is 4.74 Å². The van der Waals surface area contributed by atoms with Gasteiger partial charge in [0.1, 0.15) is 11.5 Å². The molecule has 0 aliphatic heterocycles. The maximum atomic E-state index is 11.2. The van der Waals surface area contributed by atoms with E-state index in [1.54, 1.807) is 7.11 Å². The van der Waals surface area contributed by atoms with Crippen molar-refractivity contribution in [1.29, 1.82) is 0 Å². The fraction of sp³-hybridized carbons (Fsp3) is 0.462. The molecule has 1 fully saturated rings. The molecular weight excluding hydrogens is 188 g/mol. The number of ketones is 1. The monoisotopic (exact) mass is 204 g/mol. The van der Waals surface area contributed by atoms with E-state index in [1.807, 2.05) is 18.2 Å². The highest BCUT2D eigenvalue weighted by Crippen LogP contribution is 2.29. The van der Waals surface area contributed by atoms with E-state index in [9.17, 15) is 4.79 Å². The zero-order valence-electron chi connectivity index (χ0n) is 9.03. The molecule has 2 nitrogen and oxygen atoms in total. The predicted molar refractivity (Wildman–Crippen MR) is 59.0 cm³/mol. The first-order valence-electron chi connectivity index (χ1n) is 5.43. The van der Waals surface area contributed by atoms with Gasteiger partial charge in [-0.05, 0) is 30.4 Å². The summed E-state index contributed by atoms with van der Waals surface area (Å²) in [7, 11) is 1.69. The van der Waals surface area contributed by atoms with E-state index in [4.69, 9.17) is 4.74 Å². The normalized spacial score (nSPS) is 20.6. The van der Waals surface area contributed by atoms with Crippen LogP contribution < -0.4 is 4.74 Å². The van der Waals surface area contributed by atoms with Crippen LogP contribution in [0.2, 0.25) is 0 Å². The van der Waals surface area contributed by atoms with Gasteiger partial charge in [-0.2, -0.15) is 0 Å². The van der Waals surface area contributed by atoms with E-state index in [0.29, 0.717) is 11.7 Å². The largest absolute Gasteiger partial charge is 0.496 e. The molecule has 80 valence electrons. The van der Waals surface area contributed by atoms with Gasteiger partial charge in [-0.25, -0.2) is 0 Å². The number of para-hydroxylation sites is 1. The van der Waals surface area contributed by atoms with Crippen LogP contribution in [0.25, 0.3) is 0 Å². The van der Waals surface area contributed by atoms with Crippen LogP contribution in [0.3, 0.4) is 0 Å². The third kappa shape index (κ3) is 2.38. The first-order chi connectivity index (χ1) is 7.29. The zero-order valence-corrected chi connectivity index (χ0v) is 9.03. The third-order valence-electron chi connectivity index (χ3n) is 3.05. The van der Waals surface area contributed by atoms with Crippen molar-refractivity contribution >= 4 is 5.78 Å². The van der Waals surface area contributed by atoms with Gasteiger partial charge in [0.25, 0.3) is 0 Å². The molecule has 15 heavy (non-hydrogen) atoms. The molecule has 1 atom stereocenters. The number of methoxy groups -OCH3 is 1. The minimum Gasteiger partial charge on any atom is -0.496 e. The molecule has 1 unspecified atom stereocenters. The van der Waals surface area contributed by atoms with Crippen LogP contribution in [0.5, 0.6) is 5.75 Å². The Morgan fingerprint density at radius 2 is 2.20 bits per heavy atom. The first-order valence-corrected chi connectivity index (χ1v) is 5.43. The maximum absolute atomic E-state index is 11.2. The average molecular weight is 204 g/mol. The van der Waals surface area contributed by atoms with Crippen LogP contribution >= 0.6 is 0 Å². The van der Waals surface area contributed by atoms with Crippen LogP contribution in [0.4, 0.5) is 0 Å². The first kappa shape index (κ1) is 10.2. The number of rotatable bonds is 3. The Morgan fingerprint density at radius 1 is 1.40 bits per heavy atom. The fourth-order valence-electron chi connectivity index (χ4n) is 2.25. The van der Waals surface area contributed by atoms with Crippen molar-refractivity contribution in [2.24, 2.45) is 5.92 Å². The Labute approximate surface area is 90.3 Å². The van der Waals surface area contributed by atoms with Crippen molar-refractivity contribution in [3.63, 3.8) is 0 Å². The molecule has 2 heteroatoms. The number of carbonyl (C=O) groups is 1. The van der Waals surface area contributed by atoms with E-state index in [2.05, 4.69) is 6.07 Å². The van der Waals surface area contributed by atoms with Gasteiger partial charge in [0.15, 0.2) is 0 Å². The molecule has 1 aliphatic carbocycles. The molecule has 0 aromatic heterocycles. The number of hydrogen-bond donors (Lipinski definition) is 0. The lowest BCUT2D eigenvalue weighted by Gasteiger charge is -2.11.